The third kappa shape index (κ3) is 3.70. The van der Waals surface area contributed by atoms with Crippen LogP contribution in [0.3, 0.4) is 0 Å². The molecule has 0 saturated heterocycles. The molecule has 2 amide bonds. The van der Waals surface area contributed by atoms with Crippen LogP contribution in [0.15, 0.2) is 84.6 Å². The van der Waals surface area contributed by atoms with E-state index in [4.69, 9.17) is 4.74 Å². The van der Waals surface area contributed by atoms with Crippen LogP contribution in [-0.2, 0) is 9.59 Å². The number of ether oxygens (including phenoxy) is 1. The molecule has 0 atom stereocenters. The van der Waals surface area contributed by atoms with E-state index in [2.05, 4.69) is 5.32 Å². The highest BCUT2D eigenvalue weighted by Gasteiger charge is 2.40. The lowest BCUT2D eigenvalue weighted by Gasteiger charge is -2.15. The van der Waals surface area contributed by atoms with Crippen molar-refractivity contribution in [2.75, 3.05) is 16.8 Å². The highest BCUT2D eigenvalue weighted by molar-refractivity contribution is 6.46. The van der Waals surface area contributed by atoms with Gasteiger partial charge in [0.05, 0.1) is 17.9 Å². The maximum atomic E-state index is 13.4. The molecule has 1 heterocycles. The van der Waals surface area contributed by atoms with Crippen molar-refractivity contribution in [2.24, 2.45) is 0 Å². The number of benzene rings is 3. The number of amides is 2. The van der Waals surface area contributed by atoms with Crippen molar-refractivity contribution in [3.8, 4) is 5.75 Å². The smallest absolute Gasteiger partial charge is 0.282 e. The van der Waals surface area contributed by atoms with Gasteiger partial charge in [0, 0.05) is 11.8 Å². The molecule has 3 aromatic carbocycles. The van der Waals surface area contributed by atoms with Crippen LogP contribution in [0.2, 0.25) is 0 Å². The Labute approximate surface area is 175 Å². The summed E-state index contributed by atoms with van der Waals surface area (Å²) in [4.78, 5) is 27.9. The first-order valence-electron chi connectivity index (χ1n) is 9.83. The molecule has 1 aliphatic heterocycles. The second-order valence-corrected chi connectivity index (χ2v) is 6.98. The lowest BCUT2D eigenvalue weighted by molar-refractivity contribution is -0.120. The van der Waals surface area contributed by atoms with Gasteiger partial charge in [-0.2, -0.15) is 0 Å². The van der Waals surface area contributed by atoms with Gasteiger partial charge in [-0.1, -0.05) is 54.1 Å². The molecular formula is C25H22N2O3. The van der Waals surface area contributed by atoms with Gasteiger partial charge < -0.3 is 10.1 Å². The number of imide groups is 1. The number of hydrogen-bond acceptors (Lipinski definition) is 4. The summed E-state index contributed by atoms with van der Waals surface area (Å²) in [5.74, 6) is -0.0421. The average Bonchev–Trinajstić information content (AvgIpc) is 2.99. The number of anilines is 2. The van der Waals surface area contributed by atoms with Crippen LogP contribution in [0, 0.1) is 6.92 Å². The van der Waals surface area contributed by atoms with Gasteiger partial charge in [0.15, 0.2) is 0 Å². The van der Waals surface area contributed by atoms with E-state index in [-0.39, 0.29) is 17.5 Å². The Morgan fingerprint density at radius 2 is 1.60 bits per heavy atom. The van der Waals surface area contributed by atoms with Crippen LogP contribution in [0.5, 0.6) is 5.75 Å². The molecule has 0 spiro atoms. The molecule has 0 saturated carbocycles. The molecule has 1 N–H and O–H groups in total. The summed E-state index contributed by atoms with van der Waals surface area (Å²) in [6.45, 7) is 4.41. The van der Waals surface area contributed by atoms with E-state index in [1.54, 1.807) is 12.1 Å². The van der Waals surface area contributed by atoms with Gasteiger partial charge in [-0.05, 0) is 43.7 Å². The Balaban J connectivity index is 1.77. The van der Waals surface area contributed by atoms with Gasteiger partial charge >= 0.3 is 0 Å². The molecule has 5 nitrogen and oxygen atoms in total. The van der Waals surface area contributed by atoms with Crippen LogP contribution >= 0.6 is 0 Å². The van der Waals surface area contributed by atoms with E-state index < -0.39 is 0 Å². The second kappa shape index (κ2) is 8.25. The molecule has 0 radical (unpaired) electrons. The number of nitrogens with one attached hydrogen (secondary N) is 1. The topological polar surface area (TPSA) is 58.6 Å². The van der Waals surface area contributed by atoms with Gasteiger partial charge in [-0.15, -0.1) is 0 Å². The minimum atomic E-state index is -0.385. The van der Waals surface area contributed by atoms with Crippen molar-refractivity contribution in [2.45, 2.75) is 13.8 Å². The maximum Gasteiger partial charge on any atom is 0.282 e. The number of nitrogens with zero attached hydrogens (tertiary/aromatic N) is 1. The molecule has 4 rings (SSSR count). The number of rotatable bonds is 6. The predicted octanol–water partition coefficient (Wildman–Crippen LogP) is 4.79. The quantitative estimate of drug-likeness (QED) is 0.607. The first-order valence-corrected chi connectivity index (χ1v) is 9.83. The normalized spacial score (nSPS) is 13.7. The molecule has 30 heavy (non-hydrogen) atoms. The van der Waals surface area contributed by atoms with Crippen molar-refractivity contribution < 1.29 is 14.3 Å². The highest BCUT2D eigenvalue weighted by atomic mass is 16.5. The minimum Gasteiger partial charge on any atom is -0.494 e. The lowest BCUT2D eigenvalue weighted by Crippen LogP contribution is -2.32. The molecule has 150 valence electrons. The summed E-state index contributed by atoms with van der Waals surface area (Å²) >= 11 is 0. The highest BCUT2D eigenvalue weighted by Crippen LogP contribution is 2.34. The van der Waals surface area contributed by atoms with E-state index in [0.29, 0.717) is 34.9 Å². The van der Waals surface area contributed by atoms with E-state index in [1.807, 2.05) is 80.6 Å². The fraction of sp³-hybridized carbons (Fsp3) is 0.120. The zero-order valence-corrected chi connectivity index (χ0v) is 16.9. The molecule has 0 fully saturated rings. The number of carbonyl (C=O) groups is 2. The van der Waals surface area contributed by atoms with Crippen molar-refractivity contribution in [1.29, 1.82) is 0 Å². The Bertz CT molecular complexity index is 1120. The van der Waals surface area contributed by atoms with Crippen LogP contribution < -0.4 is 15.0 Å². The largest absolute Gasteiger partial charge is 0.494 e. The Morgan fingerprint density at radius 3 is 2.30 bits per heavy atom. The Hall–Kier alpha value is -3.86. The lowest BCUT2D eigenvalue weighted by atomic mass is 10.0. The number of carbonyl (C=O) groups excluding carboxylic acids is 2. The summed E-state index contributed by atoms with van der Waals surface area (Å²) in [6, 6.07) is 23.9. The molecule has 0 unspecified atom stereocenters. The third-order valence-corrected chi connectivity index (χ3v) is 4.85. The van der Waals surface area contributed by atoms with Crippen molar-refractivity contribution >= 4 is 28.8 Å². The Kier molecular flexibility index (Phi) is 5.35. The van der Waals surface area contributed by atoms with Crippen LogP contribution in [0.4, 0.5) is 11.4 Å². The molecule has 0 aromatic heterocycles. The Morgan fingerprint density at radius 1 is 0.867 bits per heavy atom. The van der Waals surface area contributed by atoms with E-state index >= 15 is 0 Å². The second-order valence-electron chi connectivity index (χ2n) is 6.98. The zero-order chi connectivity index (χ0) is 21.1. The standard InChI is InChI=1S/C25H22N2O3/c1-3-30-21-11-7-10-19(16-21)26-23-22(18-8-5-4-6-9-18)24(28)27(25(23)29)20-14-12-17(2)13-15-20/h4-16,26H,3H2,1-2H3. The monoisotopic (exact) mass is 398 g/mol. The molecule has 0 bridgehead atoms. The van der Waals surface area contributed by atoms with Gasteiger partial charge in [-0.25, -0.2) is 4.90 Å². The van der Waals surface area contributed by atoms with Crippen LogP contribution in [-0.4, -0.2) is 18.4 Å². The van der Waals surface area contributed by atoms with Crippen molar-refractivity contribution in [1.82, 2.24) is 0 Å². The SMILES string of the molecule is CCOc1cccc(NC2=C(c3ccccc3)C(=O)N(c3ccc(C)cc3)C2=O)c1. The van der Waals surface area contributed by atoms with Gasteiger partial charge in [0.2, 0.25) is 0 Å². The molecule has 1 aliphatic rings. The fourth-order valence-electron chi connectivity index (χ4n) is 3.42. The first kappa shape index (κ1) is 19.5. The fourth-order valence-corrected chi connectivity index (χ4v) is 3.42. The summed E-state index contributed by atoms with van der Waals surface area (Å²) in [5.41, 5.74) is 3.57. The van der Waals surface area contributed by atoms with Gasteiger partial charge in [0.1, 0.15) is 11.4 Å². The summed E-state index contributed by atoms with van der Waals surface area (Å²) < 4.78 is 5.55. The summed E-state index contributed by atoms with van der Waals surface area (Å²) in [5, 5.41) is 3.17. The molecular weight excluding hydrogens is 376 g/mol. The predicted molar refractivity (Wildman–Crippen MR) is 118 cm³/mol. The third-order valence-electron chi connectivity index (χ3n) is 4.85. The maximum absolute atomic E-state index is 13.4. The van der Waals surface area contributed by atoms with Gasteiger partial charge in [-0.3, -0.25) is 9.59 Å². The van der Waals surface area contributed by atoms with Crippen molar-refractivity contribution in [3.05, 3.63) is 95.7 Å². The number of hydrogen-bond donors (Lipinski definition) is 1. The van der Waals surface area contributed by atoms with Crippen LogP contribution in [0.1, 0.15) is 18.1 Å². The summed E-state index contributed by atoms with van der Waals surface area (Å²) in [7, 11) is 0. The molecule has 5 heteroatoms. The average molecular weight is 398 g/mol. The molecule has 3 aromatic rings. The number of aryl methyl sites for hydroxylation is 1. The zero-order valence-electron chi connectivity index (χ0n) is 16.9. The summed E-state index contributed by atoms with van der Waals surface area (Å²) in [6.07, 6.45) is 0. The van der Waals surface area contributed by atoms with Gasteiger partial charge in [0.25, 0.3) is 11.8 Å². The van der Waals surface area contributed by atoms with E-state index in [0.717, 1.165) is 5.56 Å². The van der Waals surface area contributed by atoms with Crippen molar-refractivity contribution in [3.63, 3.8) is 0 Å². The minimum absolute atomic E-state index is 0.250. The molecule has 0 aliphatic carbocycles. The van der Waals surface area contributed by atoms with E-state index in [9.17, 15) is 9.59 Å². The first-order chi connectivity index (χ1) is 14.6. The van der Waals surface area contributed by atoms with E-state index in [1.165, 1.54) is 4.90 Å². The van der Waals surface area contributed by atoms with Crippen LogP contribution in [0.25, 0.3) is 5.57 Å².